The molecule has 1 aliphatic rings. The van der Waals surface area contributed by atoms with Crippen molar-refractivity contribution in [2.24, 2.45) is 5.92 Å². The Bertz CT molecular complexity index is 192. The van der Waals surface area contributed by atoms with Crippen LogP contribution in [0.5, 0.6) is 0 Å². The number of nitrogens with one attached hydrogen (secondary N) is 1. The van der Waals surface area contributed by atoms with Gasteiger partial charge in [0, 0.05) is 25.6 Å². The lowest BCUT2D eigenvalue weighted by Gasteiger charge is -2.23. The van der Waals surface area contributed by atoms with Crippen LogP contribution in [0.2, 0.25) is 0 Å². The Morgan fingerprint density at radius 1 is 1.57 bits per heavy atom. The second-order valence-electron chi connectivity index (χ2n) is 4.65. The summed E-state index contributed by atoms with van der Waals surface area (Å²) >= 11 is 0. The molecule has 1 fully saturated rings. The van der Waals surface area contributed by atoms with E-state index in [4.69, 9.17) is 0 Å². The Kier molecular flexibility index (Phi) is 4.39. The Morgan fingerprint density at radius 3 is 2.93 bits per heavy atom. The third kappa shape index (κ3) is 3.66. The summed E-state index contributed by atoms with van der Waals surface area (Å²) in [6.45, 7) is 9.15. The molecule has 0 aromatic carbocycles. The van der Waals surface area contributed by atoms with Crippen LogP contribution >= 0.6 is 0 Å². The first-order valence-electron chi connectivity index (χ1n) is 5.60. The SMILES string of the molecule is CC(C)CC(=O)N1CCCNC(C)C1. The lowest BCUT2D eigenvalue weighted by Crippen LogP contribution is -2.39. The first-order valence-corrected chi connectivity index (χ1v) is 5.60. The van der Waals surface area contributed by atoms with Crippen LogP contribution in [0.4, 0.5) is 0 Å². The van der Waals surface area contributed by atoms with Crippen LogP contribution in [0.25, 0.3) is 0 Å². The van der Waals surface area contributed by atoms with Crippen molar-refractivity contribution >= 4 is 5.91 Å². The molecule has 3 nitrogen and oxygen atoms in total. The molecule has 14 heavy (non-hydrogen) atoms. The summed E-state index contributed by atoms with van der Waals surface area (Å²) in [6, 6.07) is 0.439. The summed E-state index contributed by atoms with van der Waals surface area (Å²) in [5.41, 5.74) is 0. The van der Waals surface area contributed by atoms with Gasteiger partial charge in [0.1, 0.15) is 0 Å². The zero-order valence-corrected chi connectivity index (χ0v) is 9.55. The lowest BCUT2D eigenvalue weighted by molar-refractivity contribution is -0.132. The number of hydrogen-bond donors (Lipinski definition) is 1. The third-order valence-electron chi connectivity index (χ3n) is 2.53. The quantitative estimate of drug-likeness (QED) is 0.724. The van der Waals surface area contributed by atoms with E-state index in [1.807, 2.05) is 4.90 Å². The van der Waals surface area contributed by atoms with E-state index in [1.165, 1.54) is 0 Å². The molecule has 3 heteroatoms. The van der Waals surface area contributed by atoms with Crippen molar-refractivity contribution in [2.75, 3.05) is 19.6 Å². The normalized spacial score (nSPS) is 23.7. The molecule has 0 aliphatic carbocycles. The van der Waals surface area contributed by atoms with Gasteiger partial charge in [-0.1, -0.05) is 13.8 Å². The van der Waals surface area contributed by atoms with Gasteiger partial charge in [0.2, 0.25) is 5.91 Å². The maximum Gasteiger partial charge on any atom is 0.222 e. The second kappa shape index (κ2) is 5.35. The molecule has 0 spiro atoms. The van der Waals surface area contributed by atoms with E-state index in [-0.39, 0.29) is 0 Å². The molecular weight excluding hydrogens is 176 g/mol. The predicted octanol–water partition coefficient (Wildman–Crippen LogP) is 1.24. The van der Waals surface area contributed by atoms with Crippen LogP contribution in [0.3, 0.4) is 0 Å². The fourth-order valence-corrected chi connectivity index (χ4v) is 1.81. The molecule has 1 heterocycles. The van der Waals surface area contributed by atoms with E-state index >= 15 is 0 Å². The summed E-state index contributed by atoms with van der Waals surface area (Å²) in [6.07, 6.45) is 1.76. The van der Waals surface area contributed by atoms with Gasteiger partial charge < -0.3 is 10.2 Å². The third-order valence-corrected chi connectivity index (χ3v) is 2.53. The van der Waals surface area contributed by atoms with Crippen LogP contribution in [-0.4, -0.2) is 36.5 Å². The molecule has 0 radical (unpaired) electrons. The van der Waals surface area contributed by atoms with Gasteiger partial charge in [-0.25, -0.2) is 0 Å². The van der Waals surface area contributed by atoms with E-state index in [2.05, 4.69) is 26.1 Å². The van der Waals surface area contributed by atoms with Crippen molar-refractivity contribution in [3.63, 3.8) is 0 Å². The van der Waals surface area contributed by atoms with E-state index in [0.717, 1.165) is 26.1 Å². The minimum atomic E-state index is 0.315. The summed E-state index contributed by atoms with van der Waals surface area (Å²) in [4.78, 5) is 13.8. The summed E-state index contributed by atoms with van der Waals surface area (Å²) in [7, 11) is 0. The monoisotopic (exact) mass is 198 g/mol. The van der Waals surface area contributed by atoms with Crippen LogP contribution in [0.1, 0.15) is 33.6 Å². The standard InChI is InChI=1S/C11H22N2O/c1-9(2)7-11(14)13-6-4-5-12-10(3)8-13/h9-10,12H,4-8H2,1-3H3. The van der Waals surface area contributed by atoms with Gasteiger partial charge in [-0.2, -0.15) is 0 Å². The average molecular weight is 198 g/mol. The Labute approximate surface area is 86.9 Å². The van der Waals surface area contributed by atoms with Gasteiger partial charge in [-0.05, 0) is 25.8 Å². The zero-order chi connectivity index (χ0) is 10.6. The topological polar surface area (TPSA) is 32.3 Å². The first-order chi connectivity index (χ1) is 6.59. The van der Waals surface area contributed by atoms with E-state index in [9.17, 15) is 4.79 Å². The van der Waals surface area contributed by atoms with Gasteiger partial charge in [0.25, 0.3) is 0 Å². The molecule has 1 unspecified atom stereocenters. The minimum Gasteiger partial charge on any atom is -0.341 e. The largest absolute Gasteiger partial charge is 0.341 e. The number of carbonyl (C=O) groups is 1. The van der Waals surface area contributed by atoms with Crippen molar-refractivity contribution in [3.05, 3.63) is 0 Å². The van der Waals surface area contributed by atoms with Crippen molar-refractivity contribution in [2.45, 2.75) is 39.7 Å². The van der Waals surface area contributed by atoms with Gasteiger partial charge in [-0.15, -0.1) is 0 Å². The number of hydrogen-bond acceptors (Lipinski definition) is 2. The molecule has 0 saturated carbocycles. The summed E-state index contributed by atoms with van der Waals surface area (Å²) in [5, 5.41) is 3.39. The Hall–Kier alpha value is -0.570. The van der Waals surface area contributed by atoms with Gasteiger partial charge in [-0.3, -0.25) is 4.79 Å². The molecule has 1 rings (SSSR count). The molecule has 1 atom stereocenters. The predicted molar refractivity (Wildman–Crippen MR) is 58.1 cm³/mol. The molecular formula is C11H22N2O. The lowest BCUT2D eigenvalue weighted by atomic mass is 10.1. The van der Waals surface area contributed by atoms with E-state index in [1.54, 1.807) is 0 Å². The Balaban J connectivity index is 2.44. The maximum atomic E-state index is 11.8. The number of nitrogens with zero attached hydrogens (tertiary/aromatic N) is 1. The highest BCUT2D eigenvalue weighted by atomic mass is 16.2. The molecule has 82 valence electrons. The maximum absolute atomic E-state index is 11.8. The van der Waals surface area contributed by atoms with Crippen molar-refractivity contribution in [3.8, 4) is 0 Å². The van der Waals surface area contributed by atoms with Gasteiger partial charge >= 0.3 is 0 Å². The fourth-order valence-electron chi connectivity index (χ4n) is 1.81. The number of carbonyl (C=O) groups excluding carboxylic acids is 1. The van der Waals surface area contributed by atoms with Crippen LogP contribution in [0, 0.1) is 5.92 Å². The van der Waals surface area contributed by atoms with Gasteiger partial charge in [0.05, 0.1) is 0 Å². The molecule has 1 aliphatic heterocycles. The van der Waals surface area contributed by atoms with Crippen molar-refractivity contribution in [1.29, 1.82) is 0 Å². The average Bonchev–Trinajstić information content (AvgIpc) is 2.28. The van der Waals surface area contributed by atoms with E-state index in [0.29, 0.717) is 24.3 Å². The first kappa shape index (κ1) is 11.5. The minimum absolute atomic E-state index is 0.315. The smallest absolute Gasteiger partial charge is 0.222 e. The summed E-state index contributed by atoms with van der Waals surface area (Å²) in [5.74, 6) is 0.782. The van der Waals surface area contributed by atoms with Crippen molar-refractivity contribution in [1.82, 2.24) is 10.2 Å². The molecule has 1 N–H and O–H groups in total. The van der Waals surface area contributed by atoms with E-state index < -0.39 is 0 Å². The van der Waals surface area contributed by atoms with Crippen LogP contribution < -0.4 is 5.32 Å². The molecule has 1 saturated heterocycles. The zero-order valence-electron chi connectivity index (χ0n) is 9.55. The van der Waals surface area contributed by atoms with Gasteiger partial charge in [0.15, 0.2) is 0 Å². The number of rotatable bonds is 2. The Morgan fingerprint density at radius 2 is 2.29 bits per heavy atom. The second-order valence-corrected chi connectivity index (χ2v) is 4.65. The van der Waals surface area contributed by atoms with Crippen molar-refractivity contribution < 1.29 is 4.79 Å². The summed E-state index contributed by atoms with van der Waals surface area (Å²) < 4.78 is 0. The highest BCUT2D eigenvalue weighted by molar-refractivity contribution is 5.76. The molecule has 0 bridgehead atoms. The number of amides is 1. The fraction of sp³-hybridized carbons (Fsp3) is 0.909. The van der Waals surface area contributed by atoms with Crippen LogP contribution in [-0.2, 0) is 4.79 Å². The van der Waals surface area contributed by atoms with Crippen LogP contribution in [0.15, 0.2) is 0 Å². The molecule has 0 aromatic rings. The highest BCUT2D eigenvalue weighted by Gasteiger charge is 2.19. The molecule has 0 aromatic heterocycles. The highest BCUT2D eigenvalue weighted by Crippen LogP contribution is 2.07. The molecule has 1 amide bonds.